The van der Waals surface area contributed by atoms with Crippen LogP contribution in [0.5, 0.6) is 0 Å². The van der Waals surface area contributed by atoms with E-state index in [1.54, 1.807) is 0 Å². The Hall–Kier alpha value is -1.09. The summed E-state index contributed by atoms with van der Waals surface area (Å²) in [6.07, 6.45) is 3.07. The molecule has 2 heterocycles. The van der Waals surface area contributed by atoms with Crippen LogP contribution in [0.2, 0.25) is 0 Å². The lowest BCUT2D eigenvalue weighted by molar-refractivity contribution is 0.584. The first-order chi connectivity index (χ1) is 7.27. The molecular formula is C12H19N3. The molecule has 0 spiro atoms. The standard InChI is InChI=1S/C12H19N3/c1-10-9-15(8-4-7-13-10)12-5-3-6-14-11(12)2/h3,5-6,10,13H,4,7-9H2,1-2H3. The second kappa shape index (κ2) is 4.62. The summed E-state index contributed by atoms with van der Waals surface area (Å²) >= 11 is 0. The molecule has 3 nitrogen and oxygen atoms in total. The predicted octanol–water partition coefficient (Wildman–Crippen LogP) is 1.58. The van der Waals surface area contributed by atoms with Crippen LogP contribution in [-0.2, 0) is 0 Å². The highest BCUT2D eigenvalue weighted by Gasteiger charge is 2.15. The molecule has 1 fully saturated rings. The van der Waals surface area contributed by atoms with Crippen LogP contribution in [0.3, 0.4) is 0 Å². The van der Waals surface area contributed by atoms with Gasteiger partial charge in [-0.05, 0) is 38.9 Å². The molecule has 1 aliphatic heterocycles. The number of hydrogen-bond donors (Lipinski definition) is 1. The molecule has 0 bridgehead atoms. The molecule has 82 valence electrons. The van der Waals surface area contributed by atoms with Crippen molar-refractivity contribution in [1.29, 1.82) is 0 Å². The van der Waals surface area contributed by atoms with Gasteiger partial charge in [-0.15, -0.1) is 0 Å². The monoisotopic (exact) mass is 205 g/mol. The minimum absolute atomic E-state index is 0.562. The zero-order chi connectivity index (χ0) is 10.7. The lowest BCUT2D eigenvalue weighted by Gasteiger charge is -2.25. The molecule has 1 unspecified atom stereocenters. The molecule has 1 saturated heterocycles. The molecule has 1 aliphatic rings. The van der Waals surface area contributed by atoms with Crippen LogP contribution >= 0.6 is 0 Å². The molecule has 15 heavy (non-hydrogen) atoms. The molecule has 1 N–H and O–H groups in total. The van der Waals surface area contributed by atoms with E-state index >= 15 is 0 Å². The van der Waals surface area contributed by atoms with E-state index in [0.29, 0.717) is 6.04 Å². The van der Waals surface area contributed by atoms with Gasteiger partial charge in [-0.1, -0.05) is 0 Å². The topological polar surface area (TPSA) is 28.2 Å². The van der Waals surface area contributed by atoms with Crippen LogP contribution in [0, 0.1) is 6.92 Å². The average Bonchev–Trinajstić information content (AvgIpc) is 2.43. The van der Waals surface area contributed by atoms with Crippen molar-refractivity contribution in [1.82, 2.24) is 10.3 Å². The van der Waals surface area contributed by atoms with Gasteiger partial charge in [0.05, 0.1) is 11.4 Å². The lowest BCUT2D eigenvalue weighted by Crippen LogP contribution is -2.35. The number of nitrogens with zero attached hydrogens (tertiary/aromatic N) is 2. The summed E-state index contributed by atoms with van der Waals surface area (Å²) in [6, 6.07) is 4.75. The Morgan fingerprint density at radius 2 is 2.40 bits per heavy atom. The van der Waals surface area contributed by atoms with Crippen LogP contribution in [0.1, 0.15) is 19.0 Å². The van der Waals surface area contributed by atoms with E-state index in [2.05, 4.69) is 35.1 Å². The number of anilines is 1. The van der Waals surface area contributed by atoms with Crippen molar-refractivity contribution >= 4 is 5.69 Å². The second-order valence-corrected chi connectivity index (χ2v) is 4.26. The van der Waals surface area contributed by atoms with Crippen molar-refractivity contribution in [3.8, 4) is 0 Å². The number of nitrogens with one attached hydrogen (secondary N) is 1. The van der Waals surface area contributed by atoms with Gasteiger partial charge < -0.3 is 10.2 Å². The fourth-order valence-electron chi connectivity index (χ4n) is 2.13. The van der Waals surface area contributed by atoms with Gasteiger partial charge in [0.15, 0.2) is 0 Å². The maximum Gasteiger partial charge on any atom is 0.0605 e. The molecule has 0 amide bonds. The Balaban J connectivity index is 2.18. The molecular weight excluding hydrogens is 186 g/mol. The molecule has 0 aromatic carbocycles. The fraction of sp³-hybridized carbons (Fsp3) is 0.583. The van der Waals surface area contributed by atoms with Crippen LogP contribution in [-0.4, -0.2) is 30.7 Å². The van der Waals surface area contributed by atoms with Crippen molar-refractivity contribution < 1.29 is 0 Å². The molecule has 1 atom stereocenters. The third kappa shape index (κ3) is 2.48. The number of hydrogen-bond acceptors (Lipinski definition) is 3. The van der Waals surface area contributed by atoms with E-state index in [9.17, 15) is 0 Å². The second-order valence-electron chi connectivity index (χ2n) is 4.26. The first kappa shape index (κ1) is 10.4. The maximum atomic E-state index is 4.35. The summed E-state index contributed by atoms with van der Waals surface area (Å²) in [5.74, 6) is 0. The van der Waals surface area contributed by atoms with Gasteiger partial charge in [-0.2, -0.15) is 0 Å². The zero-order valence-electron chi connectivity index (χ0n) is 9.53. The summed E-state index contributed by atoms with van der Waals surface area (Å²) in [4.78, 5) is 6.79. The van der Waals surface area contributed by atoms with Crippen LogP contribution in [0.15, 0.2) is 18.3 Å². The smallest absolute Gasteiger partial charge is 0.0605 e. The highest BCUT2D eigenvalue weighted by Crippen LogP contribution is 2.18. The summed E-state index contributed by atoms with van der Waals surface area (Å²) in [6.45, 7) is 7.65. The van der Waals surface area contributed by atoms with Crippen molar-refractivity contribution in [2.75, 3.05) is 24.5 Å². The van der Waals surface area contributed by atoms with E-state index in [-0.39, 0.29) is 0 Å². The van der Waals surface area contributed by atoms with Gasteiger partial charge in [-0.25, -0.2) is 0 Å². The van der Waals surface area contributed by atoms with E-state index in [4.69, 9.17) is 0 Å². The van der Waals surface area contributed by atoms with Gasteiger partial charge >= 0.3 is 0 Å². The summed E-state index contributed by atoms with van der Waals surface area (Å²) in [5, 5.41) is 3.50. The summed E-state index contributed by atoms with van der Waals surface area (Å²) in [7, 11) is 0. The first-order valence-electron chi connectivity index (χ1n) is 5.67. The van der Waals surface area contributed by atoms with E-state index in [1.165, 1.54) is 12.1 Å². The summed E-state index contributed by atoms with van der Waals surface area (Å²) in [5.41, 5.74) is 2.42. The number of rotatable bonds is 1. The van der Waals surface area contributed by atoms with Crippen molar-refractivity contribution in [2.24, 2.45) is 0 Å². The van der Waals surface area contributed by atoms with E-state index in [1.807, 2.05) is 12.3 Å². The minimum Gasteiger partial charge on any atom is -0.368 e. The zero-order valence-corrected chi connectivity index (χ0v) is 9.53. The van der Waals surface area contributed by atoms with Crippen LogP contribution < -0.4 is 10.2 Å². The highest BCUT2D eigenvalue weighted by atomic mass is 15.2. The lowest BCUT2D eigenvalue weighted by atomic mass is 10.2. The Kier molecular flexibility index (Phi) is 3.21. The maximum absolute atomic E-state index is 4.35. The molecule has 0 saturated carbocycles. The third-order valence-corrected chi connectivity index (χ3v) is 2.91. The largest absolute Gasteiger partial charge is 0.368 e. The van der Waals surface area contributed by atoms with Crippen molar-refractivity contribution in [3.05, 3.63) is 24.0 Å². The Bertz CT molecular complexity index is 324. The quantitative estimate of drug-likeness (QED) is 0.754. The van der Waals surface area contributed by atoms with Gasteiger partial charge in [0.1, 0.15) is 0 Å². The van der Waals surface area contributed by atoms with Crippen LogP contribution in [0.25, 0.3) is 0 Å². The van der Waals surface area contributed by atoms with Gasteiger partial charge in [0.2, 0.25) is 0 Å². The van der Waals surface area contributed by atoms with Crippen LogP contribution in [0.4, 0.5) is 5.69 Å². The minimum atomic E-state index is 0.562. The Labute approximate surface area is 91.5 Å². The van der Waals surface area contributed by atoms with Crippen molar-refractivity contribution in [3.63, 3.8) is 0 Å². The first-order valence-corrected chi connectivity index (χ1v) is 5.67. The normalized spacial score (nSPS) is 22.5. The Morgan fingerprint density at radius 1 is 1.53 bits per heavy atom. The highest BCUT2D eigenvalue weighted by molar-refractivity contribution is 5.50. The molecule has 1 aromatic heterocycles. The molecule has 0 aliphatic carbocycles. The van der Waals surface area contributed by atoms with Gasteiger partial charge in [0, 0.05) is 25.3 Å². The fourth-order valence-corrected chi connectivity index (χ4v) is 2.13. The van der Waals surface area contributed by atoms with Crippen molar-refractivity contribution in [2.45, 2.75) is 26.3 Å². The third-order valence-electron chi connectivity index (χ3n) is 2.91. The molecule has 3 heteroatoms. The van der Waals surface area contributed by atoms with E-state index < -0.39 is 0 Å². The predicted molar refractivity (Wildman–Crippen MR) is 63.3 cm³/mol. The van der Waals surface area contributed by atoms with E-state index in [0.717, 1.165) is 25.3 Å². The number of aromatic nitrogens is 1. The number of aryl methyl sites for hydroxylation is 1. The average molecular weight is 205 g/mol. The molecule has 1 aromatic rings. The molecule has 0 radical (unpaired) electrons. The summed E-state index contributed by atoms with van der Waals surface area (Å²) < 4.78 is 0. The Morgan fingerprint density at radius 3 is 3.20 bits per heavy atom. The molecule has 2 rings (SSSR count). The number of pyridine rings is 1. The SMILES string of the molecule is Cc1ncccc1N1CCCNC(C)C1. The van der Waals surface area contributed by atoms with Gasteiger partial charge in [0.25, 0.3) is 0 Å². The van der Waals surface area contributed by atoms with Gasteiger partial charge in [-0.3, -0.25) is 4.98 Å².